The Morgan fingerprint density at radius 2 is 2.53 bits per heavy atom. The first-order valence-corrected chi connectivity index (χ1v) is 7.24. The number of thiophene rings is 1. The van der Waals surface area contributed by atoms with Crippen molar-refractivity contribution in [2.24, 2.45) is 0 Å². The van der Waals surface area contributed by atoms with Gasteiger partial charge in [-0.3, -0.25) is 4.79 Å². The summed E-state index contributed by atoms with van der Waals surface area (Å²) in [6, 6.07) is 2.06. The first-order valence-electron chi connectivity index (χ1n) is 6.36. The maximum absolute atomic E-state index is 12.0. The van der Waals surface area contributed by atoms with Crippen molar-refractivity contribution in [1.29, 1.82) is 0 Å². The van der Waals surface area contributed by atoms with Crippen LogP contribution in [-0.4, -0.2) is 48.7 Å². The molecule has 0 saturated carbocycles. The standard InChI is InChI=1S/C14H18N2O2S/c1-16-6-5-12(9-16)15-14(18)11-8-13(19-10-11)4-2-3-7-17/h8,10,12,17H,3,5-7,9H2,1H3,(H,15,18). The fraction of sp³-hybridized carbons (Fsp3) is 0.500. The molecule has 1 aromatic heterocycles. The highest BCUT2D eigenvalue weighted by Crippen LogP contribution is 2.14. The lowest BCUT2D eigenvalue weighted by Gasteiger charge is -2.11. The first kappa shape index (κ1) is 14.1. The van der Waals surface area contributed by atoms with Gasteiger partial charge in [0.05, 0.1) is 17.0 Å². The predicted octanol–water partition coefficient (Wildman–Crippen LogP) is 0.916. The van der Waals surface area contributed by atoms with E-state index in [0.29, 0.717) is 12.0 Å². The third kappa shape index (κ3) is 4.06. The maximum Gasteiger partial charge on any atom is 0.252 e. The van der Waals surface area contributed by atoms with Crippen LogP contribution in [0.3, 0.4) is 0 Å². The Morgan fingerprint density at radius 1 is 1.68 bits per heavy atom. The number of rotatable bonds is 3. The van der Waals surface area contributed by atoms with Gasteiger partial charge in [0, 0.05) is 24.4 Å². The van der Waals surface area contributed by atoms with E-state index >= 15 is 0 Å². The fourth-order valence-electron chi connectivity index (χ4n) is 2.05. The van der Waals surface area contributed by atoms with E-state index in [4.69, 9.17) is 5.11 Å². The van der Waals surface area contributed by atoms with Gasteiger partial charge in [-0.25, -0.2) is 0 Å². The Bertz CT molecular complexity index is 501. The van der Waals surface area contributed by atoms with Crippen LogP contribution in [0.4, 0.5) is 0 Å². The zero-order chi connectivity index (χ0) is 13.7. The smallest absolute Gasteiger partial charge is 0.252 e. The van der Waals surface area contributed by atoms with Crippen molar-refractivity contribution >= 4 is 17.2 Å². The lowest BCUT2D eigenvalue weighted by Crippen LogP contribution is -2.36. The molecular formula is C14H18N2O2S. The molecule has 1 unspecified atom stereocenters. The summed E-state index contributed by atoms with van der Waals surface area (Å²) >= 11 is 1.46. The molecule has 0 bridgehead atoms. The average molecular weight is 278 g/mol. The van der Waals surface area contributed by atoms with Gasteiger partial charge in [0.25, 0.3) is 5.91 Å². The number of hydrogen-bond acceptors (Lipinski definition) is 4. The van der Waals surface area contributed by atoms with Gasteiger partial charge in [-0.05, 0) is 26.1 Å². The Labute approximate surface area is 117 Å². The topological polar surface area (TPSA) is 52.6 Å². The van der Waals surface area contributed by atoms with Crippen LogP contribution in [-0.2, 0) is 0 Å². The molecule has 1 atom stereocenters. The summed E-state index contributed by atoms with van der Waals surface area (Å²) in [4.78, 5) is 15.1. The van der Waals surface area contributed by atoms with Crippen LogP contribution < -0.4 is 5.32 Å². The second-order valence-corrected chi connectivity index (χ2v) is 5.61. The van der Waals surface area contributed by atoms with E-state index in [-0.39, 0.29) is 18.6 Å². The summed E-state index contributed by atoms with van der Waals surface area (Å²) in [5.41, 5.74) is 0.674. The minimum absolute atomic E-state index is 0.0215. The van der Waals surface area contributed by atoms with Crippen LogP contribution in [0.2, 0.25) is 0 Å². The molecule has 1 saturated heterocycles. The molecule has 1 fully saturated rings. The molecule has 2 rings (SSSR count). The van der Waals surface area contributed by atoms with Gasteiger partial charge in [0.2, 0.25) is 0 Å². The largest absolute Gasteiger partial charge is 0.395 e. The second kappa shape index (κ2) is 6.71. The van der Waals surface area contributed by atoms with Crippen molar-refractivity contribution in [3.8, 4) is 11.8 Å². The predicted molar refractivity (Wildman–Crippen MR) is 76.3 cm³/mol. The number of likely N-dealkylation sites (tertiary alicyclic amines) is 1. The van der Waals surface area contributed by atoms with E-state index in [0.717, 1.165) is 24.4 Å². The zero-order valence-corrected chi connectivity index (χ0v) is 11.8. The molecule has 0 spiro atoms. The molecule has 102 valence electrons. The van der Waals surface area contributed by atoms with Crippen LogP contribution in [0.5, 0.6) is 0 Å². The lowest BCUT2D eigenvalue weighted by molar-refractivity contribution is 0.0939. The number of nitrogens with zero attached hydrogens (tertiary/aromatic N) is 1. The van der Waals surface area contributed by atoms with Crippen LogP contribution in [0, 0.1) is 11.8 Å². The second-order valence-electron chi connectivity index (χ2n) is 4.70. The number of aliphatic hydroxyl groups excluding tert-OH is 1. The summed E-state index contributed by atoms with van der Waals surface area (Å²) in [7, 11) is 2.06. The Morgan fingerprint density at radius 3 is 3.21 bits per heavy atom. The van der Waals surface area contributed by atoms with Gasteiger partial charge in [-0.2, -0.15) is 0 Å². The van der Waals surface area contributed by atoms with Crippen molar-refractivity contribution in [3.05, 3.63) is 21.9 Å². The summed E-state index contributed by atoms with van der Waals surface area (Å²) in [5, 5.41) is 13.5. The number of carbonyl (C=O) groups is 1. The van der Waals surface area contributed by atoms with Gasteiger partial charge in [-0.1, -0.05) is 11.8 Å². The van der Waals surface area contributed by atoms with E-state index in [1.807, 2.05) is 11.4 Å². The Balaban J connectivity index is 1.91. The van der Waals surface area contributed by atoms with Gasteiger partial charge >= 0.3 is 0 Å². The quantitative estimate of drug-likeness (QED) is 0.808. The van der Waals surface area contributed by atoms with Gasteiger partial charge in [-0.15, -0.1) is 11.3 Å². The molecule has 5 heteroatoms. The molecular weight excluding hydrogens is 260 g/mol. The van der Waals surface area contributed by atoms with Gasteiger partial charge in [0.15, 0.2) is 0 Å². The van der Waals surface area contributed by atoms with E-state index in [1.54, 1.807) is 0 Å². The van der Waals surface area contributed by atoms with Crippen molar-refractivity contribution in [2.45, 2.75) is 18.9 Å². The number of nitrogens with one attached hydrogen (secondary N) is 1. The van der Waals surface area contributed by atoms with Crippen LogP contribution in [0.1, 0.15) is 28.1 Å². The monoisotopic (exact) mass is 278 g/mol. The molecule has 4 nitrogen and oxygen atoms in total. The zero-order valence-electron chi connectivity index (χ0n) is 11.0. The number of aliphatic hydroxyl groups is 1. The van der Waals surface area contributed by atoms with Gasteiger partial charge in [0.1, 0.15) is 0 Å². The third-order valence-corrected chi connectivity index (χ3v) is 3.88. The third-order valence-electron chi connectivity index (χ3n) is 3.04. The highest BCUT2D eigenvalue weighted by atomic mass is 32.1. The summed E-state index contributed by atoms with van der Waals surface area (Å²) < 4.78 is 0. The molecule has 0 radical (unpaired) electrons. The molecule has 0 aromatic carbocycles. The molecule has 2 heterocycles. The van der Waals surface area contributed by atoms with Crippen molar-refractivity contribution in [2.75, 3.05) is 26.7 Å². The molecule has 2 N–H and O–H groups in total. The molecule has 1 aliphatic rings. The summed E-state index contributed by atoms with van der Waals surface area (Å²) in [6.07, 6.45) is 1.48. The Kier molecular flexibility index (Phi) is 4.97. The molecule has 19 heavy (non-hydrogen) atoms. The molecule has 0 aliphatic carbocycles. The van der Waals surface area contributed by atoms with Crippen molar-refractivity contribution < 1.29 is 9.90 Å². The van der Waals surface area contributed by atoms with E-state index in [2.05, 4.69) is 29.1 Å². The highest BCUT2D eigenvalue weighted by Gasteiger charge is 2.21. The highest BCUT2D eigenvalue weighted by molar-refractivity contribution is 7.10. The fourth-order valence-corrected chi connectivity index (χ4v) is 2.80. The minimum Gasteiger partial charge on any atom is -0.395 e. The maximum atomic E-state index is 12.0. The van der Waals surface area contributed by atoms with Gasteiger partial charge < -0.3 is 15.3 Å². The number of carbonyl (C=O) groups excluding carboxylic acids is 1. The number of likely N-dealkylation sites (N-methyl/N-ethyl adjacent to an activating group) is 1. The number of amides is 1. The first-order chi connectivity index (χ1) is 9.19. The summed E-state index contributed by atoms with van der Waals surface area (Å²) in [5.74, 6) is 5.77. The SMILES string of the molecule is CN1CCC(NC(=O)c2csc(C#CCCO)c2)C1. The van der Waals surface area contributed by atoms with E-state index in [1.165, 1.54) is 11.3 Å². The van der Waals surface area contributed by atoms with E-state index < -0.39 is 0 Å². The average Bonchev–Trinajstić information content (AvgIpc) is 2.99. The normalized spacial score (nSPS) is 18.9. The van der Waals surface area contributed by atoms with Crippen LogP contribution in [0.25, 0.3) is 0 Å². The lowest BCUT2D eigenvalue weighted by atomic mass is 10.2. The van der Waals surface area contributed by atoms with Crippen molar-refractivity contribution in [1.82, 2.24) is 10.2 Å². The van der Waals surface area contributed by atoms with Crippen molar-refractivity contribution in [3.63, 3.8) is 0 Å². The van der Waals surface area contributed by atoms with Crippen LogP contribution in [0.15, 0.2) is 11.4 Å². The molecule has 1 amide bonds. The minimum atomic E-state index is -0.0215. The Hall–Kier alpha value is -1.35. The van der Waals surface area contributed by atoms with E-state index in [9.17, 15) is 4.79 Å². The molecule has 1 aromatic rings. The number of hydrogen-bond donors (Lipinski definition) is 2. The summed E-state index contributed by atoms with van der Waals surface area (Å²) in [6.45, 7) is 2.02. The molecule has 1 aliphatic heterocycles. The van der Waals surface area contributed by atoms with Crippen LogP contribution >= 0.6 is 11.3 Å².